The highest BCUT2D eigenvalue weighted by Crippen LogP contribution is 2.20. The first kappa shape index (κ1) is 10.9. The largest absolute Gasteiger partial charge is 0.233 e. The van der Waals surface area contributed by atoms with Crippen LogP contribution in [0, 0.1) is 13.8 Å². The summed E-state index contributed by atoms with van der Waals surface area (Å²) in [6.45, 7) is 3.87. The molecule has 2 rings (SSSR count). The maximum absolute atomic E-state index is 5.96. The minimum Gasteiger partial charge on any atom is -0.233 e. The molecule has 1 aromatic heterocycles. The monoisotopic (exact) mass is 208 g/mol. The fourth-order valence-corrected chi connectivity index (χ4v) is 1.59. The first-order chi connectivity index (χ1) is 6.16. The van der Waals surface area contributed by atoms with Gasteiger partial charge in [-0.2, -0.15) is 0 Å². The Morgan fingerprint density at radius 2 is 1.86 bits per heavy atom. The molecule has 0 atom stereocenters. The summed E-state index contributed by atoms with van der Waals surface area (Å²) in [7, 11) is 0. The molecule has 14 heavy (non-hydrogen) atoms. The zero-order valence-electron chi connectivity index (χ0n) is 7.50. The Bertz CT molecular complexity index is 461. The number of nitrogens with zero attached hydrogens (tertiary/aromatic N) is 2. The van der Waals surface area contributed by atoms with E-state index in [0.717, 1.165) is 10.9 Å². The van der Waals surface area contributed by atoms with Crippen molar-refractivity contribution in [1.29, 1.82) is 0 Å². The summed E-state index contributed by atoms with van der Waals surface area (Å²) in [5, 5.41) is 1.44. The number of aryl methyl sites for hydroxylation is 2. The average Bonchev–Trinajstić information content (AvgIpc) is 2.02. The van der Waals surface area contributed by atoms with Crippen LogP contribution in [-0.2, 0) is 0 Å². The van der Waals surface area contributed by atoms with E-state index in [4.69, 9.17) is 11.6 Å². The van der Waals surface area contributed by atoms with Gasteiger partial charge in [0.05, 0.1) is 5.52 Å². The molecule has 0 bridgehead atoms. The van der Waals surface area contributed by atoms with Gasteiger partial charge in [-0.1, -0.05) is 25.1 Å². The second-order valence-corrected chi connectivity index (χ2v) is 3.44. The van der Waals surface area contributed by atoms with E-state index in [-0.39, 0.29) is 7.43 Å². The minimum absolute atomic E-state index is 0. The second kappa shape index (κ2) is 3.93. The molecule has 0 unspecified atom stereocenters. The van der Waals surface area contributed by atoms with Gasteiger partial charge in [0, 0.05) is 5.39 Å². The maximum Gasteiger partial charge on any atom is 0.140 e. The summed E-state index contributed by atoms with van der Waals surface area (Å²) < 4.78 is 0. The predicted molar refractivity (Wildman–Crippen MR) is 60.8 cm³/mol. The summed E-state index contributed by atoms with van der Waals surface area (Å²) in [6.07, 6.45) is 0. The first-order valence-corrected chi connectivity index (χ1v) is 4.45. The van der Waals surface area contributed by atoms with Gasteiger partial charge in [0.25, 0.3) is 0 Å². The number of halogens is 1. The zero-order chi connectivity index (χ0) is 9.42. The third-order valence-corrected chi connectivity index (χ3v) is 2.21. The fourth-order valence-electron chi connectivity index (χ4n) is 1.31. The molecule has 0 fully saturated rings. The van der Waals surface area contributed by atoms with Crippen LogP contribution in [0.15, 0.2) is 18.2 Å². The van der Waals surface area contributed by atoms with E-state index in [1.807, 2.05) is 32.0 Å². The van der Waals surface area contributed by atoms with Crippen LogP contribution in [0.3, 0.4) is 0 Å². The van der Waals surface area contributed by atoms with Crippen LogP contribution in [0.4, 0.5) is 0 Å². The summed E-state index contributed by atoms with van der Waals surface area (Å²) in [5.41, 5.74) is 2.10. The van der Waals surface area contributed by atoms with Gasteiger partial charge in [-0.15, -0.1) is 0 Å². The van der Waals surface area contributed by atoms with Crippen LogP contribution >= 0.6 is 11.6 Å². The third kappa shape index (κ3) is 1.85. The van der Waals surface area contributed by atoms with Crippen molar-refractivity contribution >= 4 is 22.5 Å². The quantitative estimate of drug-likeness (QED) is 0.619. The van der Waals surface area contributed by atoms with Crippen LogP contribution in [-0.4, -0.2) is 9.97 Å². The van der Waals surface area contributed by atoms with Gasteiger partial charge in [0.2, 0.25) is 0 Å². The van der Waals surface area contributed by atoms with Crippen molar-refractivity contribution in [2.75, 3.05) is 0 Å². The van der Waals surface area contributed by atoms with Crippen molar-refractivity contribution in [2.24, 2.45) is 0 Å². The SMILES string of the molecule is C.Cc1ccc2c(Cl)nc(C)nc2c1. The van der Waals surface area contributed by atoms with Crippen molar-refractivity contribution in [3.8, 4) is 0 Å². The molecule has 0 aliphatic heterocycles. The molecular weight excluding hydrogens is 196 g/mol. The van der Waals surface area contributed by atoms with Gasteiger partial charge >= 0.3 is 0 Å². The molecule has 0 aliphatic carbocycles. The zero-order valence-corrected chi connectivity index (χ0v) is 8.26. The molecule has 0 saturated carbocycles. The fraction of sp³-hybridized carbons (Fsp3) is 0.273. The smallest absolute Gasteiger partial charge is 0.140 e. The standard InChI is InChI=1S/C10H9ClN2.CH4/c1-6-3-4-8-9(5-6)12-7(2)13-10(8)11;/h3-5H,1-2H3;1H4. The Kier molecular flexibility index (Phi) is 3.06. The number of rotatable bonds is 0. The average molecular weight is 209 g/mol. The van der Waals surface area contributed by atoms with Gasteiger partial charge in [-0.05, 0) is 31.5 Å². The van der Waals surface area contributed by atoms with Crippen molar-refractivity contribution < 1.29 is 0 Å². The molecule has 0 N–H and O–H groups in total. The molecular formula is C11H13ClN2. The number of hydrogen-bond donors (Lipinski definition) is 0. The lowest BCUT2D eigenvalue weighted by atomic mass is 10.2. The number of hydrogen-bond acceptors (Lipinski definition) is 2. The molecule has 1 aromatic carbocycles. The molecule has 2 nitrogen and oxygen atoms in total. The molecule has 2 aromatic rings. The molecule has 74 valence electrons. The van der Waals surface area contributed by atoms with Crippen molar-refractivity contribution in [3.63, 3.8) is 0 Å². The van der Waals surface area contributed by atoms with Gasteiger partial charge < -0.3 is 0 Å². The van der Waals surface area contributed by atoms with E-state index in [2.05, 4.69) is 9.97 Å². The van der Waals surface area contributed by atoms with Crippen LogP contribution < -0.4 is 0 Å². The molecule has 3 heteroatoms. The van der Waals surface area contributed by atoms with Gasteiger partial charge in [0.1, 0.15) is 11.0 Å². The van der Waals surface area contributed by atoms with E-state index in [1.54, 1.807) is 0 Å². The lowest BCUT2D eigenvalue weighted by molar-refractivity contribution is 1.09. The highest BCUT2D eigenvalue weighted by molar-refractivity contribution is 6.34. The number of benzene rings is 1. The Morgan fingerprint density at radius 3 is 2.57 bits per heavy atom. The van der Waals surface area contributed by atoms with Crippen molar-refractivity contribution in [3.05, 3.63) is 34.7 Å². The molecule has 0 saturated heterocycles. The van der Waals surface area contributed by atoms with E-state index < -0.39 is 0 Å². The van der Waals surface area contributed by atoms with E-state index >= 15 is 0 Å². The number of aromatic nitrogens is 2. The van der Waals surface area contributed by atoms with E-state index in [9.17, 15) is 0 Å². The van der Waals surface area contributed by atoms with E-state index in [0.29, 0.717) is 11.0 Å². The highest BCUT2D eigenvalue weighted by atomic mass is 35.5. The summed E-state index contributed by atoms with van der Waals surface area (Å²) in [5.74, 6) is 0.711. The predicted octanol–water partition coefficient (Wildman–Crippen LogP) is 3.54. The normalized spacial score (nSPS) is 9.93. The van der Waals surface area contributed by atoms with Gasteiger partial charge in [-0.25, -0.2) is 9.97 Å². The summed E-state index contributed by atoms with van der Waals surface area (Å²) in [4.78, 5) is 8.39. The highest BCUT2D eigenvalue weighted by Gasteiger charge is 2.02. The van der Waals surface area contributed by atoms with E-state index in [1.165, 1.54) is 5.56 Å². The lowest BCUT2D eigenvalue weighted by Gasteiger charge is -2.01. The summed E-state index contributed by atoms with van der Waals surface area (Å²) in [6, 6.07) is 5.97. The van der Waals surface area contributed by atoms with Crippen molar-refractivity contribution in [2.45, 2.75) is 21.3 Å². The second-order valence-electron chi connectivity index (χ2n) is 3.08. The topological polar surface area (TPSA) is 25.8 Å². The Labute approximate surface area is 89.0 Å². The van der Waals surface area contributed by atoms with Crippen LogP contribution in [0.2, 0.25) is 5.15 Å². The Morgan fingerprint density at radius 1 is 1.14 bits per heavy atom. The minimum atomic E-state index is 0. The van der Waals surface area contributed by atoms with Crippen molar-refractivity contribution in [1.82, 2.24) is 9.97 Å². The molecule has 0 amide bonds. The lowest BCUT2D eigenvalue weighted by Crippen LogP contribution is -1.90. The molecule has 0 spiro atoms. The maximum atomic E-state index is 5.96. The van der Waals surface area contributed by atoms with Crippen LogP contribution in [0.25, 0.3) is 10.9 Å². The Balaban J connectivity index is 0.000000980. The molecule has 0 aliphatic rings. The van der Waals surface area contributed by atoms with Crippen LogP contribution in [0.1, 0.15) is 18.8 Å². The molecule has 0 radical (unpaired) electrons. The third-order valence-electron chi connectivity index (χ3n) is 1.92. The van der Waals surface area contributed by atoms with Gasteiger partial charge in [0.15, 0.2) is 0 Å². The van der Waals surface area contributed by atoms with Crippen LogP contribution in [0.5, 0.6) is 0 Å². The number of fused-ring (bicyclic) bond motifs is 1. The van der Waals surface area contributed by atoms with Gasteiger partial charge in [-0.3, -0.25) is 0 Å². The summed E-state index contributed by atoms with van der Waals surface area (Å²) >= 11 is 5.96. The Hall–Kier alpha value is -1.15. The molecule has 1 heterocycles. The first-order valence-electron chi connectivity index (χ1n) is 4.07.